The first-order valence-electron chi connectivity index (χ1n) is 9.26. The molecule has 5 heteroatoms. The number of unbranched alkanes of at least 4 members (excludes halogenated alkanes) is 1. The van der Waals surface area contributed by atoms with Crippen LogP contribution in [0.4, 0.5) is 16.2 Å². The molecule has 0 aliphatic carbocycles. The number of carbonyl (C=O) groups excluding carboxylic acids is 1. The zero-order chi connectivity index (χ0) is 17.2. The van der Waals surface area contributed by atoms with E-state index in [9.17, 15) is 4.79 Å². The van der Waals surface area contributed by atoms with Crippen LogP contribution >= 0.6 is 0 Å². The minimum Gasteiger partial charge on any atom is -0.395 e. The van der Waals surface area contributed by atoms with Gasteiger partial charge in [0, 0.05) is 37.6 Å². The fourth-order valence-corrected chi connectivity index (χ4v) is 3.10. The van der Waals surface area contributed by atoms with E-state index in [-0.39, 0.29) is 12.6 Å². The molecule has 1 aliphatic rings. The summed E-state index contributed by atoms with van der Waals surface area (Å²) in [5, 5.41) is 12.1. The number of hydrogen-bond acceptors (Lipinski definition) is 3. The van der Waals surface area contributed by atoms with Crippen molar-refractivity contribution in [3.05, 3.63) is 24.3 Å². The zero-order valence-corrected chi connectivity index (χ0v) is 14.8. The van der Waals surface area contributed by atoms with Crippen molar-refractivity contribution in [1.82, 2.24) is 4.90 Å². The van der Waals surface area contributed by atoms with Crippen LogP contribution in [0.15, 0.2) is 24.3 Å². The largest absolute Gasteiger partial charge is 0.395 e. The SMILES string of the molecule is CCCCN(CCO)C(=O)Nc1cccc(N2CCCCCC2)c1. The summed E-state index contributed by atoms with van der Waals surface area (Å²) in [6, 6.07) is 7.96. The molecule has 134 valence electrons. The second-order valence-electron chi connectivity index (χ2n) is 6.45. The van der Waals surface area contributed by atoms with Crippen LogP contribution in [0.2, 0.25) is 0 Å². The lowest BCUT2D eigenvalue weighted by Gasteiger charge is -2.24. The van der Waals surface area contributed by atoms with Crippen molar-refractivity contribution in [2.24, 2.45) is 0 Å². The number of carbonyl (C=O) groups is 1. The molecule has 1 aromatic rings. The lowest BCUT2D eigenvalue weighted by atomic mass is 10.2. The van der Waals surface area contributed by atoms with Gasteiger partial charge in [-0.15, -0.1) is 0 Å². The molecular weight excluding hydrogens is 302 g/mol. The van der Waals surface area contributed by atoms with Gasteiger partial charge < -0.3 is 20.2 Å². The van der Waals surface area contributed by atoms with Gasteiger partial charge in [0.1, 0.15) is 0 Å². The number of benzene rings is 1. The van der Waals surface area contributed by atoms with Gasteiger partial charge >= 0.3 is 6.03 Å². The highest BCUT2D eigenvalue weighted by Crippen LogP contribution is 2.23. The van der Waals surface area contributed by atoms with Gasteiger partial charge in [0.05, 0.1) is 6.61 Å². The Morgan fingerprint density at radius 2 is 1.96 bits per heavy atom. The number of aliphatic hydroxyl groups is 1. The molecule has 1 fully saturated rings. The molecule has 0 bridgehead atoms. The predicted molar refractivity (Wildman–Crippen MR) is 99.7 cm³/mol. The summed E-state index contributed by atoms with van der Waals surface area (Å²) in [6.45, 7) is 5.31. The van der Waals surface area contributed by atoms with Crippen molar-refractivity contribution in [1.29, 1.82) is 0 Å². The predicted octanol–water partition coefficient (Wildman–Crippen LogP) is 3.69. The van der Waals surface area contributed by atoms with Gasteiger partial charge in [0.25, 0.3) is 0 Å². The Labute approximate surface area is 145 Å². The molecule has 0 unspecified atom stereocenters. The summed E-state index contributed by atoms with van der Waals surface area (Å²) < 4.78 is 0. The van der Waals surface area contributed by atoms with E-state index in [4.69, 9.17) is 5.11 Å². The van der Waals surface area contributed by atoms with Crippen LogP contribution in [0.5, 0.6) is 0 Å². The summed E-state index contributed by atoms with van der Waals surface area (Å²) in [5.74, 6) is 0. The standard InChI is InChI=1S/C19H31N3O2/c1-2-3-11-22(14-15-23)19(24)20-17-9-8-10-18(16-17)21-12-6-4-5-7-13-21/h8-10,16,23H,2-7,11-15H2,1H3,(H,20,24). The Balaban J connectivity index is 2.00. The molecule has 0 saturated carbocycles. The maximum Gasteiger partial charge on any atom is 0.321 e. The molecular formula is C19H31N3O2. The lowest BCUT2D eigenvalue weighted by Crippen LogP contribution is -2.37. The van der Waals surface area contributed by atoms with Crippen LogP contribution in [0.25, 0.3) is 0 Å². The molecule has 0 radical (unpaired) electrons. The topological polar surface area (TPSA) is 55.8 Å². The molecule has 5 nitrogen and oxygen atoms in total. The molecule has 2 rings (SSSR count). The third-order valence-electron chi connectivity index (χ3n) is 4.51. The molecule has 1 aromatic carbocycles. The summed E-state index contributed by atoms with van der Waals surface area (Å²) in [4.78, 5) is 16.5. The average Bonchev–Trinajstić information content (AvgIpc) is 2.88. The monoisotopic (exact) mass is 333 g/mol. The molecule has 1 saturated heterocycles. The number of hydrogen-bond donors (Lipinski definition) is 2. The number of urea groups is 1. The van der Waals surface area contributed by atoms with Gasteiger partial charge in [-0.05, 0) is 37.5 Å². The fourth-order valence-electron chi connectivity index (χ4n) is 3.10. The van der Waals surface area contributed by atoms with Gasteiger partial charge in [-0.1, -0.05) is 32.3 Å². The Morgan fingerprint density at radius 3 is 2.62 bits per heavy atom. The van der Waals surface area contributed by atoms with E-state index in [0.717, 1.165) is 31.6 Å². The number of nitrogens with zero attached hydrogens (tertiary/aromatic N) is 2. The Bertz CT molecular complexity index is 499. The van der Waals surface area contributed by atoms with Crippen molar-refractivity contribution >= 4 is 17.4 Å². The second kappa shape index (κ2) is 10.2. The van der Waals surface area contributed by atoms with Crippen LogP contribution in [0.1, 0.15) is 45.4 Å². The van der Waals surface area contributed by atoms with E-state index in [1.165, 1.54) is 31.4 Å². The van der Waals surface area contributed by atoms with E-state index >= 15 is 0 Å². The first-order chi connectivity index (χ1) is 11.7. The van der Waals surface area contributed by atoms with E-state index < -0.39 is 0 Å². The second-order valence-corrected chi connectivity index (χ2v) is 6.45. The minimum atomic E-state index is -0.134. The average molecular weight is 333 g/mol. The van der Waals surface area contributed by atoms with Gasteiger partial charge in [-0.25, -0.2) is 4.79 Å². The highest BCUT2D eigenvalue weighted by atomic mass is 16.3. The molecule has 24 heavy (non-hydrogen) atoms. The third kappa shape index (κ3) is 5.71. The first-order valence-corrected chi connectivity index (χ1v) is 9.26. The maximum absolute atomic E-state index is 12.4. The van der Waals surface area contributed by atoms with Crippen LogP contribution in [0.3, 0.4) is 0 Å². The first kappa shape index (κ1) is 18.6. The number of aliphatic hydroxyl groups excluding tert-OH is 1. The molecule has 0 spiro atoms. The normalized spacial score (nSPS) is 15.0. The number of rotatable bonds is 7. The number of amides is 2. The summed E-state index contributed by atoms with van der Waals surface area (Å²) in [7, 11) is 0. The van der Waals surface area contributed by atoms with Crippen molar-refractivity contribution < 1.29 is 9.90 Å². The van der Waals surface area contributed by atoms with Gasteiger partial charge in [0.15, 0.2) is 0 Å². The lowest BCUT2D eigenvalue weighted by molar-refractivity contribution is 0.187. The molecule has 2 amide bonds. The van der Waals surface area contributed by atoms with Gasteiger partial charge in [0.2, 0.25) is 0 Å². The van der Waals surface area contributed by atoms with Crippen molar-refractivity contribution in [2.75, 3.05) is 43.0 Å². The molecule has 2 N–H and O–H groups in total. The van der Waals surface area contributed by atoms with Crippen LogP contribution in [-0.2, 0) is 0 Å². The third-order valence-corrected chi connectivity index (χ3v) is 4.51. The van der Waals surface area contributed by atoms with Crippen LogP contribution < -0.4 is 10.2 Å². The maximum atomic E-state index is 12.4. The smallest absolute Gasteiger partial charge is 0.321 e. The fraction of sp³-hybridized carbons (Fsp3) is 0.632. The van der Waals surface area contributed by atoms with E-state index in [1.54, 1.807) is 4.90 Å². The highest BCUT2D eigenvalue weighted by Gasteiger charge is 2.14. The summed E-state index contributed by atoms with van der Waals surface area (Å²) >= 11 is 0. The summed E-state index contributed by atoms with van der Waals surface area (Å²) in [6.07, 6.45) is 7.05. The van der Waals surface area contributed by atoms with Crippen molar-refractivity contribution in [3.63, 3.8) is 0 Å². The van der Waals surface area contributed by atoms with E-state index in [0.29, 0.717) is 13.1 Å². The Hall–Kier alpha value is -1.75. The van der Waals surface area contributed by atoms with Crippen LogP contribution in [0, 0.1) is 0 Å². The molecule has 1 aliphatic heterocycles. The van der Waals surface area contributed by atoms with Crippen LogP contribution in [-0.4, -0.2) is 48.8 Å². The quantitative estimate of drug-likeness (QED) is 0.800. The van der Waals surface area contributed by atoms with E-state index in [1.807, 2.05) is 12.1 Å². The Kier molecular flexibility index (Phi) is 7.89. The van der Waals surface area contributed by atoms with Gasteiger partial charge in [-0.3, -0.25) is 0 Å². The van der Waals surface area contributed by atoms with Crippen molar-refractivity contribution in [3.8, 4) is 0 Å². The Morgan fingerprint density at radius 1 is 1.21 bits per heavy atom. The highest BCUT2D eigenvalue weighted by molar-refractivity contribution is 5.89. The van der Waals surface area contributed by atoms with Crippen molar-refractivity contribution in [2.45, 2.75) is 45.4 Å². The molecule has 0 aromatic heterocycles. The number of anilines is 2. The number of nitrogens with one attached hydrogen (secondary N) is 1. The molecule has 0 atom stereocenters. The summed E-state index contributed by atoms with van der Waals surface area (Å²) in [5.41, 5.74) is 2.00. The minimum absolute atomic E-state index is 0.00898. The molecule has 1 heterocycles. The zero-order valence-electron chi connectivity index (χ0n) is 14.8. The van der Waals surface area contributed by atoms with Gasteiger partial charge in [-0.2, -0.15) is 0 Å². The van der Waals surface area contributed by atoms with E-state index in [2.05, 4.69) is 29.3 Å².